The number of carbonyl (C=O) groups is 4. The van der Waals surface area contributed by atoms with Gasteiger partial charge in [0.1, 0.15) is 42.6 Å². The SMILES string of the molecule is CCC/C=C/CC(CC(C)=O)OC(=O)CC(CCCC)OC(=O)CC(C)OC(=O)CC(COc1ccc([N+](=O)[O-])cc1)OC. The molecule has 12 heteroatoms. The number of non-ortho nitro benzene ring substituents is 1. The molecule has 0 aliphatic carbocycles. The summed E-state index contributed by atoms with van der Waals surface area (Å²) in [5, 5.41) is 10.8. The van der Waals surface area contributed by atoms with Crippen LogP contribution in [0.3, 0.4) is 0 Å². The van der Waals surface area contributed by atoms with Crippen molar-refractivity contribution >= 4 is 29.4 Å². The Hall–Kier alpha value is -3.80. The zero-order chi connectivity index (χ0) is 32.9. The van der Waals surface area contributed by atoms with E-state index in [1.807, 2.05) is 19.1 Å². The Morgan fingerprint density at radius 2 is 1.45 bits per heavy atom. The highest BCUT2D eigenvalue weighted by atomic mass is 16.6. The summed E-state index contributed by atoms with van der Waals surface area (Å²) in [4.78, 5) is 59.7. The molecule has 1 aromatic carbocycles. The molecule has 0 aromatic heterocycles. The number of allylic oxidation sites excluding steroid dienone is 1. The van der Waals surface area contributed by atoms with Crippen molar-refractivity contribution < 1.29 is 47.8 Å². The van der Waals surface area contributed by atoms with Gasteiger partial charge in [-0.2, -0.15) is 0 Å². The van der Waals surface area contributed by atoms with Crippen molar-refractivity contribution in [2.24, 2.45) is 0 Å². The van der Waals surface area contributed by atoms with Gasteiger partial charge in [-0.1, -0.05) is 45.3 Å². The first kappa shape index (κ1) is 38.2. The number of ketones is 1. The molecule has 0 aliphatic heterocycles. The van der Waals surface area contributed by atoms with E-state index in [0.29, 0.717) is 18.6 Å². The summed E-state index contributed by atoms with van der Waals surface area (Å²) in [6.45, 7) is 7.04. The Balaban J connectivity index is 2.59. The lowest BCUT2D eigenvalue weighted by molar-refractivity contribution is -0.384. The summed E-state index contributed by atoms with van der Waals surface area (Å²) in [6, 6.07) is 5.50. The molecule has 0 heterocycles. The number of unbranched alkanes of at least 4 members (excludes halogenated alkanes) is 2. The Bertz CT molecular complexity index is 1070. The number of ether oxygens (including phenoxy) is 5. The van der Waals surface area contributed by atoms with Gasteiger partial charge in [-0.25, -0.2) is 0 Å². The number of nitro benzene ring substituents is 1. The fraction of sp³-hybridized carbons (Fsp3) is 0.625. The fourth-order valence-corrected chi connectivity index (χ4v) is 4.11. The largest absolute Gasteiger partial charge is 0.491 e. The number of Topliss-reactive ketones (excluding diaryl/α,β-unsaturated/α-hetero) is 1. The van der Waals surface area contributed by atoms with Crippen LogP contribution in [0.15, 0.2) is 36.4 Å². The van der Waals surface area contributed by atoms with E-state index in [-0.39, 0.29) is 43.8 Å². The van der Waals surface area contributed by atoms with Crippen LogP contribution in [0.2, 0.25) is 0 Å². The summed E-state index contributed by atoms with van der Waals surface area (Å²) in [7, 11) is 1.41. The second-order valence-corrected chi connectivity index (χ2v) is 10.6. The smallest absolute Gasteiger partial charge is 0.309 e. The van der Waals surface area contributed by atoms with Crippen molar-refractivity contribution in [1.82, 2.24) is 0 Å². The third kappa shape index (κ3) is 17.3. The maximum absolute atomic E-state index is 12.7. The summed E-state index contributed by atoms with van der Waals surface area (Å²) in [5.74, 6) is -1.48. The molecule has 0 radical (unpaired) electrons. The van der Waals surface area contributed by atoms with Gasteiger partial charge in [-0.3, -0.25) is 29.3 Å². The molecule has 4 unspecified atom stereocenters. The zero-order valence-corrected chi connectivity index (χ0v) is 26.5. The van der Waals surface area contributed by atoms with Gasteiger partial charge in [0.05, 0.1) is 24.2 Å². The molecule has 246 valence electrons. The minimum Gasteiger partial charge on any atom is -0.491 e. The highest BCUT2D eigenvalue weighted by Crippen LogP contribution is 2.19. The third-order valence-corrected chi connectivity index (χ3v) is 6.40. The number of nitrogens with zero attached hydrogens (tertiary/aromatic N) is 1. The van der Waals surface area contributed by atoms with Gasteiger partial charge in [0.25, 0.3) is 5.69 Å². The first-order chi connectivity index (χ1) is 21.0. The zero-order valence-electron chi connectivity index (χ0n) is 26.5. The van der Waals surface area contributed by atoms with Crippen molar-refractivity contribution in [3.8, 4) is 5.75 Å². The van der Waals surface area contributed by atoms with E-state index in [0.717, 1.165) is 25.7 Å². The Morgan fingerprint density at radius 3 is 2.05 bits per heavy atom. The normalized spacial score (nSPS) is 13.8. The lowest BCUT2D eigenvalue weighted by Gasteiger charge is -2.21. The molecule has 0 aliphatic rings. The summed E-state index contributed by atoms with van der Waals surface area (Å²) in [6.07, 6.45) is 5.11. The number of methoxy groups -OCH3 is 1. The second-order valence-electron chi connectivity index (χ2n) is 10.6. The highest BCUT2D eigenvalue weighted by molar-refractivity contribution is 5.77. The summed E-state index contributed by atoms with van der Waals surface area (Å²) in [5.41, 5.74) is -0.0718. The first-order valence-electron chi connectivity index (χ1n) is 15.1. The highest BCUT2D eigenvalue weighted by Gasteiger charge is 2.25. The standard InChI is InChI=1S/C32H47NO11/c1-6-8-10-11-13-27(18-23(3)34)43-32(37)20-28(12-9-7-2)44-30(35)19-24(4)42-31(36)21-29(40-5)22-41-26-16-14-25(15-17-26)33(38)39/h10-11,14-17,24,27-29H,6-9,12-13,18-22H2,1-5H3/b11-10+. The van der Waals surface area contributed by atoms with E-state index in [2.05, 4.69) is 6.92 Å². The molecule has 0 N–H and O–H groups in total. The number of esters is 3. The minimum absolute atomic E-state index is 0.00264. The lowest BCUT2D eigenvalue weighted by atomic mass is 10.1. The van der Waals surface area contributed by atoms with Gasteiger partial charge in [-0.05, 0) is 38.8 Å². The van der Waals surface area contributed by atoms with E-state index >= 15 is 0 Å². The topological polar surface area (TPSA) is 158 Å². The van der Waals surface area contributed by atoms with Gasteiger partial charge in [0.2, 0.25) is 0 Å². The van der Waals surface area contributed by atoms with E-state index in [9.17, 15) is 29.3 Å². The van der Waals surface area contributed by atoms with E-state index in [4.69, 9.17) is 23.7 Å². The molecule has 0 saturated carbocycles. The molecule has 0 bridgehead atoms. The fourth-order valence-electron chi connectivity index (χ4n) is 4.11. The van der Waals surface area contributed by atoms with Crippen molar-refractivity contribution in [1.29, 1.82) is 0 Å². The summed E-state index contributed by atoms with van der Waals surface area (Å²) >= 11 is 0. The predicted molar refractivity (Wildman–Crippen MR) is 162 cm³/mol. The molecule has 0 saturated heterocycles. The Kier molecular flexibility index (Phi) is 19.0. The average molecular weight is 622 g/mol. The number of nitro groups is 1. The molecule has 44 heavy (non-hydrogen) atoms. The molecular formula is C32H47NO11. The number of hydrogen-bond donors (Lipinski definition) is 0. The number of hydrogen-bond acceptors (Lipinski definition) is 11. The van der Waals surface area contributed by atoms with Crippen LogP contribution >= 0.6 is 0 Å². The molecule has 0 fully saturated rings. The van der Waals surface area contributed by atoms with E-state index in [1.165, 1.54) is 38.3 Å². The van der Waals surface area contributed by atoms with Crippen LogP contribution in [0.25, 0.3) is 0 Å². The van der Waals surface area contributed by atoms with Gasteiger partial charge < -0.3 is 23.7 Å². The van der Waals surface area contributed by atoms with Crippen LogP contribution in [0.1, 0.15) is 91.9 Å². The monoisotopic (exact) mass is 621 g/mol. The van der Waals surface area contributed by atoms with Gasteiger partial charge >= 0.3 is 17.9 Å². The van der Waals surface area contributed by atoms with Crippen molar-refractivity contribution in [2.75, 3.05) is 13.7 Å². The average Bonchev–Trinajstić information content (AvgIpc) is 2.95. The van der Waals surface area contributed by atoms with Crippen LogP contribution in [-0.4, -0.2) is 66.7 Å². The molecule has 4 atom stereocenters. The molecule has 0 spiro atoms. The Morgan fingerprint density at radius 1 is 0.841 bits per heavy atom. The maximum atomic E-state index is 12.7. The van der Waals surface area contributed by atoms with Crippen LogP contribution in [0.4, 0.5) is 5.69 Å². The second kappa shape index (κ2) is 21.8. The minimum atomic E-state index is -0.795. The molecule has 0 amide bonds. The van der Waals surface area contributed by atoms with Crippen LogP contribution in [-0.2, 0) is 38.1 Å². The van der Waals surface area contributed by atoms with E-state index in [1.54, 1.807) is 6.92 Å². The van der Waals surface area contributed by atoms with Gasteiger partial charge in [0, 0.05) is 32.1 Å². The molecule has 12 nitrogen and oxygen atoms in total. The van der Waals surface area contributed by atoms with Crippen molar-refractivity contribution in [2.45, 2.75) is 116 Å². The first-order valence-corrected chi connectivity index (χ1v) is 15.1. The molecular weight excluding hydrogens is 574 g/mol. The number of carbonyl (C=O) groups excluding carboxylic acids is 4. The lowest BCUT2D eigenvalue weighted by Crippen LogP contribution is -2.29. The summed E-state index contributed by atoms with van der Waals surface area (Å²) < 4.78 is 27.3. The predicted octanol–water partition coefficient (Wildman–Crippen LogP) is 5.83. The molecule has 1 aromatic rings. The Labute approximate surface area is 259 Å². The van der Waals surface area contributed by atoms with Crippen molar-refractivity contribution in [3.05, 3.63) is 46.5 Å². The van der Waals surface area contributed by atoms with Crippen molar-refractivity contribution in [3.63, 3.8) is 0 Å². The van der Waals surface area contributed by atoms with Gasteiger partial charge in [-0.15, -0.1) is 0 Å². The molecule has 1 rings (SSSR count). The number of rotatable bonds is 23. The van der Waals surface area contributed by atoms with Crippen LogP contribution < -0.4 is 4.74 Å². The van der Waals surface area contributed by atoms with E-state index < -0.39 is 47.2 Å². The van der Waals surface area contributed by atoms with Gasteiger partial charge in [0.15, 0.2) is 0 Å². The maximum Gasteiger partial charge on any atom is 0.309 e. The third-order valence-electron chi connectivity index (χ3n) is 6.40. The van der Waals surface area contributed by atoms with Crippen LogP contribution in [0, 0.1) is 10.1 Å². The number of benzene rings is 1. The van der Waals surface area contributed by atoms with Crippen LogP contribution in [0.5, 0.6) is 5.75 Å². The quantitative estimate of drug-likeness (QED) is 0.0476.